The lowest BCUT2D eigenvalue weighted by atomic mass is 10.0. The molecule has 27 heavy (non-hydrogen) atoms. The van der Waals surface area contributed by atoms with Gasteiger partial charge >= 0.3 is 5.69 Å². The predicted molar refractivity (Wildman–Crippen MR) is 100 cm³/mol. The van der Waals surface area contributed by atoms with Gasteiger partial charge in [-0.2, -0.15) is 4.98 Å². The Hall–Kier alpha value is -3.55. The zero-order chi connectivity index (χ0) is 18.6. The minimum absolute atomic E-state index is 0.0376. The van der Waals surface area contributed by atoms with Crippen LogP contribution in [-0.4, -0.2) is 33.1 Å². The normalized spacial score (nSPS) is 14.2. The number of hydrogen-bond donors (Lipinski definition) is 0. The van der Waals surface area contributed by atoms with Gasteiger partial charge in [0, 0.05) is 30.9 Å². The van der Waals surface area contributed by atoms with Crippen molar-refractivity contribution >= 4 is 17.6 Å². The number of piperidine rings is 1. The number of anilines is 1. The van der Waals surface area contributed by atoms with Crippen LogP contribution in [0.2, 0.25) is 0 Å². The molecule has 0 unspecified atom stereocenters. The lowest BCUT2D eigenvalue weighted by Gasteiger charge is -2.28. The molecule has 1 aliphatic rings. The SMILES string of the molecule is O=[N+]([O-])c1cccnc1N1CCC(=Cc2noc(-c3ccccc3)n2)CC1. The van der Waals surface area contributed by atoms with Crippen molar-refractivity contribution in [2.75, 3.05) is 18.0 Å². The maximum Gasteiger partial charge on any atom is 0.311 e. The molecule has 0 amide bonds. The van der Waals surface area contributed by atoms with Crippen molar-refractivity contribution in [3.8, 4) is 11.5 Å². The van der Waals surface area contributed by atoms with Gasteiger partial charge in [0.05, 0.1) is 4.92 Å². The monoisotopic (exact) mass is 363 g/mol. The average Bonchev–Trinajstić information content (AvgIpc) is 3.18. The number of nitro groups is 1. The van der Waals surface area contributed by atoms with E-state index in [-0.39, 0.29) is 5.69 Å². The molecule has 1 saturated heterocycles. The topological polar surface area (TPSA) is 98.2 Å². The van der Waals surface area contributed by atoms with Crippen LogP contribution in [0.3, 0.4) is 0 Å². The highest BCUT2D eigenvalue weighted by Crippen LogP contribution is 2.29. The van der Waals surface area contributed by atoms with E-state index in [2.05, 4.69) is 15.1 Å². The molecular weight excluding hydrogens is 346 g/mol. The summed E-state index contributed by atoms with van der Waals surface area (Å²) in [7, 11) is 0. The highest BCUT2D eigenvalue weighted by atomic mass is 16.6. The number of benzene rings is 1. The molecule has 1 aliphatic heterocycles. The molecule has 136 valence electrons. The summed E-state index contributed by atoms with van der Waals surface area (Å²) in [6, 6.07) is 12.7. The van der Waals surface area contributed by atoms with E-state index < -0.39 is 4.92 Å². The van der Waals surface area contributed by atoms with Gasteiger partial charge < -0.3 is 9.42 Å². The van der Waals surface area contributed by atoms with Gasteiger partial charge in [-0.05, 0) is 37.1 Å². The van der Waals surface area contributed by atoms with Gasteiger partial charge in [0.1, 0.15) is 0 Å². The number of hydrogen-bond acceptors (Lipinski definition) is 7. The highest BCUT2D eigenvalue weighted by molar-refractivity contribution is 5.59. The van der Waals surface area contributed by atoms with Crippen LogP contribution in [0.1, 0.15) is 18.7 Å². The second-order valence-electron chi connectivity index (χ2n) is 6.22. The Morgan fingerprint density at radius 2 is 1.89 bits per heavy atom. The van der Waals surface area contributed by atoms with E-state index >= 15 is 0 Å². The standard InChI is InChI=1S/C19H17N5O3/c25-24(26)16-7-4-10-20-18(16)23-11-8-14(9-12-23)13-17-21-19(27-22-17)15-5-2-1-3-6-15/h1-7,10,13H,8-9,11-12H2. The van der Waals surface area contributed by atoms with Gasteiger partial charge in [0.2, 0.25) is 5.82 Å². The fraction of sp³-hybridized carbons (Fsp3) is 0.211. The third kappa shape index (κ3) is 3.69. The number of aromatic nitrogens is 3. The average molecular weight is 363 g/mol. The molecule has 4 rings (SSSR count). The molecule has 0 N–H and O–H groups in total. The van der Waals surface area contributed by atoms with Crippen LogP contribution in [0, 0.1) is 10.1 Å². The molecule has 0 spiro atoms. The molecule has 0 aliphatic carbocycles. The number of rotatable bonds is 4. The molecule has 1 aromatic carbocycles. The molecule has 8 heteroatoms. The quantitative estimate of drug-likeness (QED) is 0.514. The second-order valence-corrected chi connectivity index (χ2v) is 6.22. The maximum atomic E-state index is 11.2. The summed E-state index contributed by atoms with van der Waals surface area (Å²) in [5.74, 6) is 1.46. The van der Waals surface area contributed by atoms with Gasteiger partial charge in [0.25, 0.3) is 5.89 Å². The Morgan fingerprint density at radius 1 is 1.11 bits per heavy atom. The minimum atomic E-state index is -0.391. The van der Waals surface area contributed by atoms with Gasteiger partial charge in [-0.25, -0.2) is 4.98 Å². The van der Waals surface area contributed by atoms with Gasteiger partial charge in [-0.1, -0.05) is 28.9 Å². The van der Waals surface area contributed by atoms with Crippen LogP contribution < -0.4 is 4.90 Å². The molecule has 0 atom stereocenters. The van der Waals surface area contributed by atoms with Crippen molar-refractivity contribution in [3.05, 3.63) is 70.2 Å². The lowest BCUT2D eigenvalue weighted by Crippen LogP contribution is -2.31. The molecule has 3 aromatic rings. The molecule has 3 heterocycles. The molecule has 8 nitrogen and oxygen atoms in total. The first kappa shape index (κ1) is 16.9. The summed E-state index contributed by atoms with van der Waals surface area (Å²) in [6.07, 6.45) is 5.05. The van der Waals surface area contributed by atoms with Crippen molar-refractivity contribution < 1.29 is 9.45 Å². The Bertz CT molecular complexity index is 974. The maximum absolute atomic E-state index is 11.2. The summed E-state index contributed by atoms with van der Waals surface area (Å²) in [5, 5.41) is 15.2. The predicted octanol–water partition coefficient (Wildman–Crippen LogP) is 3.72. The Labute approximate surface area is 155 Å². The van der Waals surface area contributed by atoms with Crippen LogP contribution in [0.4, 0.5) is 11.5 Å². The van der Waals surface area contributed by atoms with Crippen LogP contribution in [-0.2, 0) is 0 Å². The van der Waals surface area contributed by atoms with Crippen LogP contribution in [0.15, 0.2) is 58.8 Å². The summed E-state index contributed by atoms with van der Waals surface area (Å²) in [6.45, 7) is 1.32. The lowest BCUT2D eigenvalue weighted by molar-refractivity contribution is -0.384. The van der Waals surface area contributed by atoms with E-state index in [1.165, 1.54) is 11.6 Å². The zero-order valence-electron chi connectivity index (χ0n) is 14.5. The van der Waals surface area contributed by atoms with E-state index in [4.69, 9.17) is 4.52 Å². The smallest absolute Gasteiger partial charge is 0.311 e. The van der Waals surface area contributed by atoms with Crippen molar-refractivity contribution in [2.45, 2.75) is 12.8 Å². The molecule has 0 bridgehead atoms. The summed E-state index contributed by atoms with van der Waals surface area (Å²) in [4.78, 5) is 21.4. The first-order valence-electron chi connectivity index (χ1n) is 8.63. The van der Waals surface area contributed by atoms with E-state index in [9.17, 15) is 10.1 Å². The Morgan fingerprint density at radius 3 is 2.63 bits per heavy atom. The van der Waals surface area contributed by atoms with Crippen LogP contribution in [0.25, 0.3) is 17.5 Å². The van der Waals surface area contributed by atoms with Gasteiger partial charge in [-0.3, -0.25) is 10.1 Å². The molecule has 2 aromatic heterocycles. The van der Waals surface area contributed by atoms with Crippen LogP contribution in [0.5, 0.6) is 0 Å². The van der Waals surface area contributed by atoms with E-state index in [1.54, 1.807) is 12.3 Å². The van der Waals surface area contributed by atoms with Crippen molar-refractivity contribution in [3.63, 3.8) is 0 Å². The number of pyridine rings is 1. The third-order valence-electron chi connectivity index (χ3n) is 4.46. The first-order valence-corrected chi connectivity index (χ1v) is 8.63. The summed E-state index contributed by atoms with van der Waals surface area (Å²) < 4.78 is 5.32. The molecular formula is C19H17N5O3. The molecule has 0 saturated carbocycles. The second kappa shape index (κ2) is 7.36. The fourth-order valence-electron chi connectivity index (χ4n) is 3.10. The Kier molecular flexibility index (Phi) is 4.61. The van der Waals surface area contributed by atoms with E-state index in [1.807, 2.05) is 41.3 Å². The highest BCUT2D eigenvalue weighted by Gasteiger charge is 2.23. The first-order chi connectivity index (χ1) is 13.2. The van der Waals surface area contributed by atoms with E-state index in [0.717, 1.165) is 18.4 Å². The van der Waals surface area contributed by atoms with Gasteiger partial charge in [0.15, 0.2) is 5.82 Å². The van der Waals surface area contributed by atoms with Gasteiger partial charge in [-0.15, -0.1) is 0 Å². The Balaban J connectivity index is 1.46. The summed E-state index contributed by atoms with van der Waals surface area (Å²) >= 11 is 0. The van der Waals surface area contributed by atoms with E-state index in [0.29, 0.717) is 30.6 Å². The number of nitrogens with zero attached hydrogens (tertiary/aromatic N) is 5. The van der Waals surface area contributed by atoms with Crippen LogP contribution >= 0.6 is 0 Å². The largest absolute Gasteiger partial charge is 0.350 e. The molecule has 1 fully saturated rings. The van der Waals surface area contributed by atoms with Crippen molar-refractivity contribution in [2.24, 2.45) is 0 Å². The zero-order valence-corrected chi connectivity index (χ0v) is 14.5. The van der Waals surface area contributed by atoms with Crippen molar-refractivity contribution in [1.82, 2.24) is 15.1 Å². The minimum Gasteiger partial charge on any atom is -0.350 e. The summed E-state index contributed by atoms with van der Waals surface area (Å²) in [5.41, 5.74) is 2.10. The fourth-order valence-corrected chi connectivity index (χ4v) is 3.10. The molecule has 0 radical (unpaired) electrons. The third-order valence-corrected chi connectivity index (χ3v) is 4.46. The van der Waals surface area contributed by atoms with Crippen molar-refractivity contribution in [1.29, 1.82) is 0 Å².